The van der Waals surface area contributed by atoms with Gasteiger partial charge in [0.15, 0.2) is 0 Å². The summed E-state index contributed by atoms with van der Waals surface area (Å²) in [6.45, 7) is 4.78. The molecule has 2 aliphatic rings. The molecule has 1 aliphatic heterocycles. The molecule has 1 heteroatoms. The van der Waals surface area contributed by atoms with Crippen molar-refractivity contribution in [2.75, 3.05) is 20.1 Å². The topological polar surface area (TPSA) is 3.24 Å². The van der Waals surface area contributed by atoms with E-state index in [9.17, 15) is 0 Å². The van der Waals surface area contributed by atoms with Crippen LogP contribution >= 0.6 is 0 Å². The van der Waals surface area contributed by atoms with Crippen molar-refractivity contribution in [1.82, 2.24) is 4.90 Å². The molecule has 0 saturated carbocycles. The number of likely N-dealkylation sites (tertiary alicyclic amines) is 1. The van der Waals surface area contributed by atoms with Gasteiger partial charge >= 0.3 is 0 Å². The largest absolute Gasteiger partial charge is 0.305 e. The fraction of sp³-hybridized carbons (Fsp3) is 0.500. The van der Waals surface area contributed by atoms with E-state index in [4.69, 9.17) is 0 Å². The molecular weight excluding hydrogens is 206 g/mol. The molecule has 1 unspecified atom stereocenters. The molecule has 1 heterocycles. The zero-order valence-corrected chi connectivity index (χ0v) is 10.9. The van der Waals surface area contributed by atoms with Gasteiger partial charge < -0.3 is 4.90 Å². The summed E-state index contributed by atoms with van der Waals surface area (Å²) in [5.74, 6) is 0.776. The molecule has 1 aromatic carbocycles. The van der Waals surface area contributed by atoms with Crippen LogP contribution in [0.25, 0.3) is 5.57 Å². The molecule has 0 N–H and O–H groups in total. The highest BCUT2D eigenvalue weighted by atomic mass is 15.1. The molecule has 0 aromatic heterocycles. The maximum absolute atomic E-state index is 2.48. The van der Waals surface area contributed by atoms with E-state index in [1.165, 1.54) is 37.9 Å². The molecule has 0 spiro atoms. The van der Waals surface area contributed by atoms with E-state index in [1.807, 2.05) is 0 Å². The third kappa shape index (κ3) is 1.83. The first kappa shape index (κ1) is 11.0. The molecule has 90 valence electrons. The van der Waals surface area contributed by atoms with Crippen LogP contribution in [0.15, 0.2) is 29.8 Å². The summed E-state index contributed by atoms with van der Waals surface area (Å²) in [6, 6.07) is 9.00. The molecule has 0 bridgehead atoms. The maximum Gasteiger partial charge on any atom is 0.00475 e. The lowest BCUT2D eigenvalue weighted by atomic mass is 9.75. The Morgan fingerprint density at radius 3 is 2.94 bits per heavy atom. The summed E-state index contributed by atoms with van der Waals surface area (Å²) >= 11 is 0. The summed E-state index contributed by atoms with van der Waals surface area (Å²) in [7, 11) is 2.25. The summed E-state index contributed by atoms with van der Waals surface area (Å²) in [5.41, 5.74) is 6.49. The number of fused-ring (bicyclic) bond motifs is 2. The van der Waals surface area contributed by atoms with Gasteiger partial charge in [0.1, 0.15) is 0 Å². The normalized spacial score (nSPS) is 24.5. The van der Waals surface area contributed by atoms with Crippen LogP contribution in [0.2, 0.25) is 0 Å². The van der Waals surface area contributed by atoms with E-state index in [0.717, 1.165) is 5.92 Å². The molecule has 1 atom stereocenters. The van der Waals surface area contributed by atoms with Crippen LogP contribution in [0.5, 0.6) is 0 Å². The second-order valence-electron chi connectivity index (χ2n) is 5.43. The molecule has 1 fully saturated rings. The Labute approximate surface area is 104 Å². The van der Waals surface area contributed by atoms with E-state index in [1.54, 1.807) is 16.7 Å². The second kappa shape index (κ2) is 4.30. The molecule has 1 nitrogen and oxygen atoms in total. The van der Waals surface area contributed by atoms with Gasteiger partial charge in [-0.15, -0.1) is 0 Å². The van der Waals surface area contributed by atoms with Gasteiger partial charge in [-0.05, 0) is 48.9 Å². The van der Waals surface area contributed by atoms with E-state index >= 15 is 0 Å². The van der Waals surface area contributed by atoms with E-state index in [2.05, 4.69) is 43.1 Å². The molecule has 1 aliphatic carbocycles. The van der Waals surface area contributed by atoms with E-state index in [0.29, 0.717) is 0 Å². The summed E-state index contributed by atoms with van der Waals surface area (Å²) < 4.78 is 0. The standard InChI is InChI=1S/C16H21N/c1-3-14-15-7-5-4-6-12(15)10-13-11-17(2)9-8-16(13)14/h4-7,13H,3,8-11H2,1-2H3. The third-order valence-corrected chi connectivity index (χ3v) is 4.34. The van der Waals surface area contributed by atoms with Gasteiger partial charge in [0, 0.05) is 13.1 Å². The summed E-state index contributed by atoms with van der Waals surface area (Å²) in [5, 5.41) is 0. The van der Waals surface area contributed by atoms with E-state index < -0.39 is 0 Å². The first-order chi connectivity index (χ1) is 8.29. The van der Waals surface area contributed by atoms with Crippen LogP contribution in [-0.4, -0.2) is 25.0 Å². The van der Waals surface area contributed by atoms with Gasteiger partial charge in [-0.2, -0.15) is 0 Å². The molecule has 1 saturated heterocycles. The highest BCUT2D eigenvalue weighted by molar-refractivity contribution is 5.73. The quantitative estimate of drug-likeness (QED) is 0.711. The van der Waals surface area contributed by atoms with Crippen molar-refractivity contribution in [1.29, 1.82) is 0 Å². The minimum absolute atomic E-state index is 0.776. The fourth-order valence-electron chi connectivity index (χ4n) is 3.53. The Balaban J connectivity index is 2.08. The zero-order chi connectivity index (χ0) is 11.8. The fourth-order valence-corrected chi connectivity index (χ4v) is 3.53. The Bertz CT molecular complexity index is 458. The number of rotatable bonds is 1. The molecule has 1 aromatic rings. The number of allylic oxidation sites excluding steroid dienone is 1. The van der Waals surface area contributed by atoms with Crippen molar-refractivity contribution in [2.45, 2.75) is 26.2 Å². The zero-order valence-electron chi connectivity index (χ0n) is 10.9. The van der Waals surface area contributed by atoms with Crippen LogP contribution < -0.4 is 0 Å². The van der Waals surface area contributed by atoms with Crippen LogP contribution in [0.4, 0.5) is 0 Å². The molecule has 3 rings (SSSR count). The van der Waals surface area contributed by atoms with Crippen LogP contribution in [0.3, 0.4) is 0 Å². The predicted octanol–water partition coefficient (Wildman–Crippen LogP) is 3.36. The van der Waals surface area contributed by atoms with Crippen molar-refractivity contribution in [3.63, 3.8) is 0 Å². The van der Waals surface area contributed by atoms with Gasteiger partial charge in [0.2, 0.25) is 0 Å². The predicted molar refractivity (Wildman–Crippen MR) is 73.0 cm³/mol. The first-order valence-electron chi connectivity index (χ1n) is 6.78. The molecule has 0 radical (unpaired) electrons. The van der Waals surface area contributed by atoms with Crippen molar-refractivity contribution >= 4 is 5.57 Å². The average Bonchev–Trinajstić information content (AvgIpc) is 2.35. The van der Waals surface area contributed by atoms with Gasteiger partial charge in [0.25, 0.3) is 0 Å². The number of hydrogen-bond acceptors (Lipinski definition) is 1. The van der Waals surface area contributed by atoms with Crippen molar-refractivity contribution < 1.29 is 0 Å². The van der Waals surface area contributed by atoms with Gasteiger partial charge in [-0.1, -0.05) is 36.8 Å². The van der Waals surface area contributed by atoms with Crippen LogP contribution in [-0.2, 0) is 6.42 Å². The number of nitrogens with zero attached hydrogens (tertiary/aromatic N) is 1. The maximum atomic E-state index is 2.48. The Morgan fingerprint density at radius 2 is 2.12 bits per heavy atom. The lowest BCUT2D eigenvalue weighted by Gasteiger charge is -2.38. The Kier molecular flexibility index (Phi) is 2.79. The summed E-state index contributed by atoms with van der Waals surface area (Å²) in [4.78, 5) is 2.48. The Morgan fingerprint density at radius 1 is 1.29 bits per heavy atom. The highest BCUT2D eigenvalue weighted by Crippen LogP contribution is 2.40. The third-order valence-electron chi connectivity index (χ3n) is 4.34. The number of piperidine rings is 1. The smallest absolute Gasteiger partial charge is 0.00475 e. The second-order valence-corrected chi connectivity index (χ2v) is 5.43. The number of benzene rings is 1. The van der Waals surface area contributed by atoms with Crippen molar-refractivity contribution in [2.24, 2.45) is 5.92 Å². The van der Waals surface area contributed by atoms with Crippen molar-refractivity contribution in [3.05, 3.63) is 41.0 Å². The minimum Gasteiger partial charge on any atom is -0.305 e. The average molecular weight is 227 g/mol. The van der Waals surface area contributed by atoms with Crippen LogP contribution in [0.1, 0.15) is 30.9 Å². The Hall–Kier alpha value is -1.08. The van der Waals surface area contributed by atoms with Gasteiger partial charge in [0.05, 0.1) is 0 Å². The lowest BCUT2D eigenvalue weighted by Crippen LogP contribution is -2.36. The van der Waals surface area contributed by atoms with Crippen LogP contribution in [0, 0.1) is 5.92 Å². The minimum atomic E-state index is 0.776. The van der Waals surface area contributed by atoms with Gasteiger partial charge in [-0.25, -0.2) is 0 Å². The van der Waals surface area contributed by atoms with Crippen molar-refractivity contribution in [3.8, 4) is 0 Å². The molecular formula is C16H21N. The lowest BCUT2D eigenvalue weighted by molar-refractivity contribution is 0.255. The number of hydrogen-bond donors (Lipinski definition) is 0. The summed E-state index contributed by atoms with van der Waals surface area (Å²) in [6.07, 6.45) is 3.71. The highest BCUT2D eigenvalue weighted by Gasteiger charge is 2.29. The molecule has 17 heavy (non-hydrogen) atoms. The van der Waals surface area contributed by atoms with Gasteiger partial charge in [-0.3, -0.25) is 0 Å². The van der Waals surface area contributed by atoms with E-state index in [-0.39, 0.29) is 0 Å². The first-order valence-corrected chi connectivity index (χ1v) is 6.78. The monoisotopic (exact) mass is 227 g/mol. The SMILES string of the molecule is CCC1=C2CCN(C)CC2Cc2ccccc21. The molecule has 0 amide bonds.